The van der Waals surface area contributed by atoms with Gasteiger partial charge in [0.05, 0.1) is 35.4 Å². The Hall–Kier alpha value is -2.56. The first-order valence-electron chi connectivity index (χ1n) is 6.20. The maximum absolute atomic E-state index is 11.5. The Kier molecular flexibility index (Phi) is 3.89. The van der Waals surface area contributed by atoms with Crippen LogP contribution in [0.3, 0.4) is 0 Å². The molecular formula is C15H17N3O2. The molecule has 0 saturated carbocycles. The molecule has 0 aliphatic heterocycles. The number of hydrogen-bond donors (Lipinski definition) is 2. The fourth-order valence-corrected chi connectivity index (χ4v) is 1.87. The quantitative estimate of drug-likeness (QED) is 0.663. The molecule has 0 fully saturated rings. The van der Waals surface area contributed by atoms with E-state index in [0.29, 0.717) is 16.9 Å². The zero-order chi connectivity index (χ0) is 14.7. The molecular weight excluding hydrogens is 254 g/mol. The summed E-state index contributed by atoms with van der Waals surface area (Å²) < 4.78 is 4.70. The van der Waals surface area contributed by atoms with Crippen molar-refractivity contribution in [3.05, 3.63) is 47.3 Å². The Labute approximate surface area is 117 Å². The van der Waals surface area contributed by atoms with Gasteiger partial charge in [-0.15, -0.1) is 0 Å². The van der Waals surface area contributed by atoms with Gasteiger partial charge in [-0.3, -0.25) is 4.98 Å². The van der Waals surface area contributed by atoms with Gasteiger partial charge in [-0.2, -0.15) is 0 Å². The van der Waals surface area contributed by atoms with Crippen LogP contribution in [-0.2, 0) is 4.74 Å². The van der Waals surface area contributed by atoms with E-state index in [4.69, 9.17) is 10.5 Å². The van der Waals surface area contributed by atoms with Gasteiger partial charge >= 0.3 is 5.97 Å². The summed E-state index contributed by atoms with van der Waals surface area (Å²) in [6.07, 6.45) is 0. The van der Waals surface area contributed by atoms with Crippen molar-refractivity contribution in [2.45, 2.75) is 13.8 Å². The van der Waals surface area contributed by atoms with E-state index in [1.54, 1.807) is 18.2 Å². The number of methoxy groups -OCH3 is 1. The summed E-state index contributed by atoms with van der Waals surface area (Å²) in [7, 11) is 1.35. The summed E-state index contributed by atoms with van der Waals surface area (Å²) in [5.41, 5.74) is 10.2. The average molecular weight is 271 g/mol. The van der Waals surface area contributed by atoms with Crippen LogP contribution in [0.25, 0.3) is 0 Å². The molecule has 0 radical (unpaired) electrons. The maximum atomic E-state index is 11.5. The molecule has 0 spiro atoms. The standard InChI is InChI=1S/C15H17N3O2/c1-9-4-7-13(10(2)17-9)18-14-8-11(15(19)20-3)5-6-12(14)16/h4-8,18H,16H2,1-3H3. The van der Waals surface area contributed by atoms with Crippen molar-refractivity contribution < 1.29 is 9.53 Å². The Morgan fingerprint density at radius 2 is 1.95 bits per heavy atom. The third kappa shape index (κ3) is 2.88. The van der Waals surface area contributed by atoms with Crippen LogP contribution in [0.15, 0.2) is 30.3 Å². The highest BCUT2D eigenvalue weighted by molar-refractivity contribution is 5.92. The monoisotopic (exact) mass is 271 g/mol. The van der Waals surface area contributed by atoms with Gasteiger partial charge in [-0.05, 0) is 44.2 Å². The molecule has 0 atom stereocenters. The Bertz CT molecular complexity index is 654. The number of carbonyl (C=O) groups excluding carboxylic acids is 1. The number of carbonyl (C=O) groups is 1. The largest absolute Gasteiger partial charge is 0.465 e. The van der Waals surface area contributed by atoms with Crippen molar-refractivity contribution in [1.82, 2.24) is 4.98 Å². The number of aryl methyl sites for hydroxylation is 2. The Morgan fingerprint density at radius 3 is 2.60 bits per heavy atom. The number of pyridine rings is 1. The highest BCUT2D eigenvalue weighted by Gasteiger charge is 2.09. The summed E-state index contributed by atoms with van der Waals surface area (Å²) in [6, 6.07) is 8.82. The molecule has 20 heavy (non-hydrogen) atoms. The fourth-order valence-electron chi connectivity index (χ4n) is 1.87. The number of nitrogens with two attached hydrogens (primary N) is 1. The van der Waals surface area contributed by atoms with Crippen molar-refractivity contribution in [2.75, 3.05) is 18.2 Å². The molecule has 0 aliphatic rings. The van der Waals surface area contributed by atoms with Crippen LogP contribution < -0.4 is 11.1 Å². The predicted molar refractivity (Wildman–Crippen MR) is 79.2 cm³/mol. The van der Waals surface area contributed by atoms with Crippen molar-refractivity contribution in [3.8, 4) is 0 Å². The number of nitrogen functional groups attached to an aromatic ring is 1. The van der Waals surface area contributed by atoms with Crippen molar-refractivity contribution >= 4 is 23.0 Å². The molecule has 2 rings (SSSR count). The smallest absolute Gasteiger partial charge is 0.337 e. The second kappa shape index (κ2) is 5.61. The molecule has 1 aromatic heterocycles. The molecule has 1 aromatic carbocycles. The van der Waals surface area contributed by atoms with E-state index in [1.807, 2.05) is 26.0 Å². The Morgan fingerprint density at radius 1 is 1.20 bits per heavy atom. The zero-order valence-corrected chi connectivity index (χ0v) is 11.7. The van der Waals surface area contributed by atoms with E-state index >= 15 is 0 Å². The lowest BCUT2D eigenvalue weighted by Gasteiger charge is -2.12. The number of esters is 1. The van der Waals surface area contributed by atoms with Crippen LogP contribution >= 0.6 is 0 Å². The summed E-state index contributed by atoms with van der Waals surface area (Å²) in [4.78, 5) is 15.9. The molecule has 0 aliphatic carbocycles. The number of ether oxygens (including phenoxy) is 1. The van der Waals surface area contributed by atoms with Crippen molar-refractivity contribution in [1.29, 1.82) is 0 Å². The molecule has 5 nitrogen and oxygen atoms in total. The van der Waals surface area contributed by atoms with Gasteiger partial charge < -0.3 is 15.8 Å². The normalized spacial score (nSPS) is 10.2. The molecule has 0 bridgehead atoms. The molecule has 1 heterocycles. The highest BCUT2D eigenvalue weighted by Crippen LogP contribution is 2.26. The minimum Gasteiger partial charge on any atom is -0.465 e. The van der Waals surface area contributed by atoms with Crippen molar-refractivity contribution in [2.24, 2.45) is 0 Å². The first-order chi connectivity index (χ1) is 9.51. The molecule has 5 heteroatoms. The first kappa shape index (κ1) is 13.9. The lowest BCUT2D eigenvalue weighted by atomic mass is 10.1. The lowest BCUT2D eigenvalue weighted by molar-refractivity contribution is 0.0601. The molecule has 3 N–H and O–H groups in total. The number of anilines is 3. The van der Waals surface area contributed by atoms with E-state index in [-0.39, 0.29) is 0 Å². The minimum atomic E-state index is -0.396. The average Bonchev–Trinajstić information content (AvgIpc) is 2.43. The lowest BCUT2D eigenvalue weighted by Crippen LogP contribution is -2.05. The molecule has 104 valence electrons. The highest BCUT2D eigenvalue weighted by atomic mass is 16.5. The van der Waals surface area contributed by atoms with E-state index < -0.39 is 5.97 Å². The van der Waals surface area contributed by atoms with Crippen LogP contribution in [0.1, 0.15) is 21.7 Å². The van der Waals surface area contributed by atoms with Crippen LogP contribution in [0, 0.1) is 13.8 Å². The summed E-state index contributed by atoms with van der Waals surface area (Å²) in [5.74, 6) is -0.396. The molecule has 2 aromatic rings. The van der Waals surface area contributed by atoms with E-state index in [0.717, 1.165) is 17.1 Å². The first-order valence-corrected chi connectivity index (χ1v) is 6.20. The third-order valence-electron chi connectivity index (χ3n) is 2.97. The van der Waals surface area contributed by atoms with Crippen molar-refractivity contribution in [3.63, 3.8) is 0 Å². The van der Waals surface area contributed by atoms with Gasteiger partial charge in [-0.1, -0.05) is 0 Å². The topological polar surface area (TPSA) is 77.2 Å². The van der Waals surface area contributed by atoms with Gasteiger partial charge in [0.2, 0.25) is 0 Å². The SMILES string of the molecule is COC(=O)c1ccc(N)c(Nc2ccc(C)nc2C)c1. The van der Waals surface area contributed by atoms with Crippen LogP contribution in [0.5, 0.6) is 0 Å². The summed E-state index contributed by atoms with van der Waals surface area (Å²) >= 11 is 0. The number of aromatic nitrogens is 1. The molecule has 0 unspecified atom stereocenters. The third-order valence-corrected chi connectivity index (χ3v) is 2.97. The number of nitrogens with one attached hydrogen (secondary N) is 1. The zero-order valence-electron chi connectivity index (χ0n) is 11.7. The molecule has 0 saturated heterocycles. The summed E-state index contributed by atoms with van der Waals surface area (Å²) in [5, 5.41) is 3.19. The van der Waals surface area contributed by atoms with Gasteiger partial charge in [0.1, 0.15) is 0 Å². The van der Waals surface area contributed by atoms with E-state index in [2.05, 4.69) is 10.3 Å². The van der Waals surface area contributed by atoms with Crippen LogP contribution in [0.2, 0.25) is 0 Å². The van der Waals surface area contributed by atoms with Gasteiger partial charge in [0, 0.05) is 5.69 Å². The fraction of sp³-hybridized carbons (Fsp3) is 0.200. The van der Waals surface area contributed by atoms with Gasteiger partial charge in [-0.25, -0.2) is 4.79 Å². The number of rotatable bonds is 3. The van der Waals surface area contributed by atoms with E-state index in [9.17, 15) is 4.79 Å². The summed E-state index contributed by atoms with van der Waals surface area (Å²) in [6.45, 7) is 3.85. The molecule has 0 amide bonds. The van der Waals surface area contributed by atoms with Crippen LogP contribution in [-0.4, -0.2) is 18.1 Å². The van der Waals surface area contributed by atoms with Crippen LogP contribution in [0.4, 0.5) is 17.1 Å². The second-order valence-corrected chi connectivity index (χ2v) is 4.50. The predicted octanol–water partition coefficient (Wildman–Crippen LogP) is 2.81. The van der Waals surface area contributed by atoms with Gasteiger partial charge in [0.25, 0.3) is 0 Å². The maximum Gasteiger partial charge on any atom is 0.337 e. The number of hydrogen-bond acceptors (Lipinski definition) is 5. The minimum absolute atomic E-state index is 0.396. The number of benzene rings is 1. The number of nitrogens with zero attached hydrogens (tertiary/aromatic N) is 1. The Balaban J connectivity index is 2.35. The van der Waals surface area contributed by atoms with Gasteiger partial charge in [0.15, 0.2) is 0 Å². The van der Waals surface area contributed by atoms with E-state index in [1.165, 1.54) is 7.11 Å². The second-order valence-electron chi connectivity index (χ2n) is 4.50.